The molecule has 6 nitrogen and oxygen atoms in total. The van der Waals surface area contributed by atoms with E-state index in [1.807, 2.05) is 0 Å². The van der Waals surface area contributed by atoms with E-state index >= 15 is 0 Å². The van der Waals surface area contributed by atoms with Crippen LogP contribution in [0.3, 0.4) is 0 Å². The lowest BCUT2D eigenvalue weighted by atomic mass is 10.1. The number of rotatable bonds is 6. The van der Waals surface area contributed by atoms with Crippen molar-refractivity contribution in [1.29, 1.82) is 0 Å². The van der Waals surface area contributed by atoms with Crippen LogP contribution < -0.4 is 0 Å². The minimum absolute atomic E-state index is 0.0313. The molecule has 1 aromatic carbocycles. The van der Waals surface area contributed by atoms with Crippen LogP contribution in [-0.4, -0.2) is 33.4 Å². The van der Waals surface area contributed by atoms with Crippen LogP contribution in [0.4, 0.5) is 8.78 Å². The van der Waals surface area contributed by atoms with Gasteiger partial charge in [0.1, 0.15) is 11.3 Å². The van der Waals surface area contributed by atoms with Crippen molar-refractivity contribution in [2.75, 3.05) is 6.61 Å². The number of aromatic nitrogens is 2. The van der Waals surface area contributed by atoms with Gasteiger partial charge in [-0.25, -0.2) is 18.4 Å². The molecule has 0 spiro atoms. The van der Waals surface area contributed by atoms with Crippen LogP contribution in [0.1, 0.15) is 38.5 Å². The molecule has 2 aromatic rings. The summed E-state index contributed by atoms with van der Waals surface area (Å²) in [6, 6.07) is 8.25. The number of benzene rings is 1. The van der Waals surface area contributed by atoms with E-state index in [9.17, 15) is 18.4 Å². The highest BCUT2D eigenvalue weighted by molar-refractivity contribution is 5.90. The van der Waals surface area contributed by atoms with Gasteiger partial charge in [-0.05, 0) is 12.1 Å². The third-order valence-electron chi connectivity index (χ3n) is 3.20. The molecule has 0 bridgehead atoms. The van der Waals surface area contributed by atoms with Crippen molar-refractivity contribution in [3.8, 4) is 0 Å². The number of hydrogen-bond acceptors (Lipinski definition) is 4. The number of nitrogens with zero attached hydrogens (tertiary/aromatic N) is 2. The number of aromatic carboxylic acids is 1. The number of carboxylic acid groups (broad SMARTS) is 1. The number of carboxylic acids is 1. The average Bonchev–Trinajstić information content (AvgIpc) is 2.85. The standard InChI is InChI=1S/C15H14F2N2O4/c1-19-10(11(14(20)21)12(18-19)13(16)17)7-8-23-15(22)9-5-3-2-4-6-9/h2-6,13H,7-8H2,1H3,(H,20,21). The van der Waals surface area contributed by atoms with Gasteiger partial charge >= 0.3 is 11.9 Å². The third-order valence-corrected chi connectivity index (χ3v) is 3.20. The number of carbonyl (C=O) groups is 2. The first kappa shape index (κ1) is 16.6. The molecule has 1 aromatic heterocycles. The quantitative estimate of drug-likeness (QED) is 0.826. The Morgan fingerprint density at radius 1 is 1.30 bits per heavy atom. The van der Waals surface area contributed by atoms with E-state index in [2.05, 4.69) is 5.10 Å². The first-order chi connectivity index (χ1) is 10.9. The Morgan fingerprint density at radius 2 is 1.96 bits per heavy atom. The summed E-state index contributed by atoms with van der Waals surface area (Å²) in [5.41, 5.74) is -0.902. The molecule has 0 fully saturated rings. The van der Waals surface area contributed by atoms with Crippen LogP contribution in [0.15, 0.2) is 30.3 Å². The third kappa shape index (κ3) is 3.71. The molecule has 0 radical (unpaired) electrons. The minimum atomic E-state index is -2.99. The lowest BCUT2D eigenvalue weighted by molar-refractivity contribution is 0.0507. The van der Waals surface area contributed by atoms with Crippen LogP contribution in [0.25, 0.3) is 0 Å². The Bertz CT molecular complexity index is 714. The molecule has 122 valence electrons. The molecular weight excluding hydrogens is 310 g/mol. The number of aryl methyl sites for hydroxylation is 1. The van der Waals surface area contributed by atoms with E-state index in [0.29, 0.717) is 5.56 Å². The number of esters is 1. The molecule has 2 rings (SSSR count). The van der Waals surface area contributed by atoms with Crippen LogP contribution in [0.5, 0.6) is 0 Å². The van der Waals surface area contributed by atoms with Gasteiger partial charge < -0.3 is 9.84 Å². The minimum Gasteiger partial charge on any atom is -0.478 e. The van der Waals surface area contributed by atoms with Crippen molar-refractivity contribution in [2.45, 2.75) is 12.8 Å². The molecule has 0 amide bonds. The van der Waals surface area contributed by atoms with Crippen LogP contribution in [0, 0.1) is 0 Å². The maximum atomic E-state index is 12.8. The van der Waals surface area contributed by atoms with Gasteiger partial charge in [-0.15, -0.1) is 0 Å². The summed E-state index contributed by atoms with van der Waals surface area (Å²) in [5.74, 6) is -2.06. The molecule has 23 heavy (non-hydrogen) atoms. The van der Waals surface area contributed by atoms with Gasteiger partial charge in [0.2, 0.25) is 0 Å². The summed E-state index contributed by atoms with van der Waals surface area (Å²) in [6.07, 6.45) is -3.02. The predicted octanol–water partition coefficient (Wildman–Crippen LogP) is 2.46. The smallest absolute Gasteiger partial charge is 0.339 e. The zero-order valence-corrected chi connectivity index (χ0v) is 12.2. The summed E-state index contributed by atoms with van der Waals surface area (Å²) >= 11 is 0. The summed E-state index contributed by atoms with van der Waals surface area (Å²) in [4.78, 5) is 23.0. The van der Waals surface area contributed by atoms with Crippen molar-refractivity contribution in [3.05, 3.63) is 52.8 Å². The topological polar surface area (TPSA) is 81.4 Å². The predicted molar refractivity (Wildman–Crippen MR) is 75.6 cm³/mol. The maximum Gasteiger partial charge on any atom is 0.339 e. The number of carbonyl (C=O) groups excluding carboxylic acids is 1. The highest BCUT2D eigenvalue weighted by Gasteiger charge is 2.27. The largest absolute Gasteiger partial charge is 0.478 e. The molecule has 0 aliphatic heterocycles. The van der Waals surface area contributed by atoms with Crippen molar-refractivity contribution < 1.29 is 28.2 Å². The SMILES string of the molecule is Cn1nc(C(F)F)c(C(=O)O)c1CCOC(=O)c1ccccc1. The van der Waals surface area contributed by atoms with Crippen LogP contribution in [0.2, 0.25) is 0 Å². The number of alkyl halides is 2. The van der Waals surface area contributed by atoms with E-state index in [1.165, 1.54) is 7.05 Å². The highest BCUT2D eigenvalue weighted by atomic mass is 19.3. The van der Waals surface area contributed by atoms with E-state index in [-0.39, 0.29) is 18.7 Å². The van der Waals surface area contributed by atoms with Crippen LogP contribution >= 0.6 is 0 Å². The molecule has 0 atom stereocenters. The normalized spacial score (nSPS) is 10.8. The van der Waals surface area contributed by atoms with Crippen molar-refractivity contribution in [1.82, 2.24) is 9.78 Å². The zero-order chi connectivity index (χ0) is 17.0. The van der Waals surface area contributed by atoms with E-state index in [4.69, 9.17) is 9.84 Å². The second-order valence-electron chi connectivity index (χ2n) is 4.69. The second-order valence-corrected chi connectivity index (χ2v) is 4.69. The monoisotopic (exact) mass is 324 g/mol. The summed E-state index contributed by atoms with van der Waals surface area (Å²) in [6.45, 7) is -0.143. The molecule has 1 heterocycles. The Kier molecular flexibility index (Phi) is 5.05. The Balaban J connectivity index is 2.09. The average molecular weight is 324 g/mol. The Labute approximate surface area is 130 Å². The van der Waals surface area contributed by atoms with Gasteiger partial charge in [-0.2, -0.15) is 5.10 Å². The van der Waals surface area contributed by atoms with Gasteiger partial charge in [0.25, 0.3) is 6.43 Å². The maximum absolute atomic E-state index is 12.8. The first-order valence-electron chi connectivity index (χ1n) is 6.71. The van der Waals surface area contributed by atoms with Gasteiger partial charge in [-0.3, -0.25) is 4.68 Å². The fourth-order valence-electron chi connectivity index (χ4n) is 2.15. The Hall–Kier alpha value is -2.77. The lowest BCUT2D eigenvalue weighted by Gasteiger charge is -2.06. The first-order valence-corrected chi connectivity index (χ1v) is 6.71. The summed E-state index contributed by atoms with van der Waals surface area (Å²) < 4.78 is 31.8. The van der Waals surface area contributed by atoms with Crippen LogP contribution in [-0.2, 0) is 18.2 Å². The van der Waals surface area contributed by atoms with Gasteiger partial charge in [0.05, 0.1) is 17.9 Å². The van der Waals surface area contributed by atoms with Crippen molar-refractivity contribution in [2.24, 2.45) is 7.05 Å². The van der Waals surface area contributed by atoms with E-state index in [0.717, 1.165) is 4.68 Å². The van der Waals surface area contributed by atoms with Crippen molar-refractivity contribution in [3.63, 3.8) is 0 Å². The van der Waals surface area contributed by atoms with Gasteiger partial charge in [0.15, 0.2) is 0 Å². The van der Waals surface area contributed by atoms with Crippen molar-refractivity contribution >= 4 is 11.9 Å². The van der Waals surface area contributed by atoms with Gasteiger partial charge in [-0.1, -0.05) is 18.2 Å². The van der Waals surface area contributed by atoms with Gasteiger partial charge in [0, 0.05) is 13.5 Å². The summed E-state index contributed by atoms with van der Waals surface area (Å²) in [5, 5.41) is 12.6. The zero-order valence-electron chi connectivity index (χ0n) is 12.2. The molecule has 0 aliphatic rings. The number of halogens is 2. The van der Waals surface area contributed by atoms with E-state index < -0.39 is 29.6 Å². The molecular formula is C15H14F2N2O4. The fraction of sp³-hybridized carbons (Fsp3) is 0.267. The number of ether oxygens (including phenoxy) is 1. The lowest BCUT2D eigenvalue weighted by Crippen LogP contribution is -2.12. The summed E-state index contributed by atoms with van der Waals surface area (Å²) in [7, 11) is 1.37. The number of hydrogen-bond donors (Lipinski definition) is 1. The highest BCUT2D eigenvalue weighted by Crippen LogP contribution is 2.24. The molecule has 0 unspecified atom stereocenters. The molecule has 1 N–H and O–H groups in total. The molecule has 0 saturated carbocycles. The van der Waals surface area contributed by atoms with E-state index in [1.54, 1.807) is 30.3 Å². The molecule has 0 aliphatic carbocycles. The molecule has 0 saturated heterocycles. The Morgan fingerprint density at radius 3 is 2.52 bits per heavy atom. The molecule has 8 heteroatoms. The fourth-order valence-corrected chi connectivity index (χ4v) is 2.15. The second kappa shape index (κ2) is 6.99.